The number of nitrogens with one attached hydrogen (secondary N) is 1. The number of ether oxygens (including phenoxy) is 1. The fourth-order valence-corrected chi connectivity index (χ4v) is 3.10. The number of para-hydroxylation sites is 2. The largest absolute Gasteiger partial charge is 0.457 e. The Labute approximate surface area is 168 Å². The van der Waals surface area contributed by atoms with Crippen molar-refractivity contribution >= 4 is 28.6 Å². The lowest BCUT2D eigenvalue weighted by Crippen LogP contribution is -2.16. The summed E-state index contributed by atoms with van der Waals surface area (Å²) in [5.41, 5.74) is 1.03. The van der Waals surface area contributed by atoms with Gasteiger partial charge in [-0.3, -0.25) is 9.59 Å². The van der Waals surface area contributed by atoms with Gasteiger partial charge in [0.05, 0.1) is 5.56 Å². The van der Waals surface area contributed by atoms with Gasteiger partial charge in [-0.2, -0.15) is 0 Å². The minimum absolute atomic E-state index is 0.0786. The second-order valence-electron chi connectivity index (χ2n) is 6.16. The summed E-state index contributed by atoms with van der Waals surface area (Å²) >= 11 is 1.10. The molecule has 0 heterocycles. The van der Waals surface area contributed by atoms with Crippen LogP contribution < -0.4 is 10.1 Å². The van der Waals surface area contributed by atoms with Gasteiger partial charge in [-0.15, -0.1) is 0 Å². The number of anilines is 1. The molecule has 28 heavy (non-hydrogen) atoms. The van der Waals surface area contributed by atoms with E-state index in [1.54, 1.807) is 50.5 Å². The van der Waals surface area contributed by atoms with Crippen molar-refractivity contribution in [2.45, 2.75) is 4.90 Å². The van der Waals surface area contributed by atoms with Gasteiger partial charge in [0.1, 0.15) is 11.5 Å². The molecular formula is C22H20N2O3S. The fraction of sp³-hybridized carbons (Fsp3) is 0.0909. The molecule has 0 atom stereocenters. The number of carbonyl (C=O) groups is 2. The van der Waals surface area contributed by atoms with Crippen molar-refractivity contribution in [3.63, 3.8) is 0 Å². The van der Waals surface area contributed by atoms with Crippen molar-refractivity contribution in [1.82, 2.24) is 4.90 Å². The highest BCUT2D eigenvalue weighted by atomic mass is 32.2. The monoisotopic (exact) mass is 392 g/mol. The first-order valence-corrected chi connectivity index (χ1v) is 9.47. The fourth-order valence-electron chi connectivity index (χ4n) is 2.39. The van der Waals surface area contributed by atoms with Gasteiger partial charge >= 0.3 is 0 Å². The van der Waals surface area contributed by atoms with E-state index >= 15 is 0 Å². The molecule has 0 bridgehead atoms. The van der Waals surface area contributed by atoms with E-state index in [1.165, 1.54) is 4.90 Å². The zero-order valence-electron chi connectivity index (χ0n) is 15.6. The molecule has 0 saturated carbocycles. The highest BCUT2D eigenvalue weighted by molar-refractivity contribution is 8.13. The molecule has 0 aliphatic heterocycles. The SMILES string of the molecule is CN(C)C(=O)Sc1cccc(NC(=O)c2ccccc2Oc2ccccc2)c1. The van der Waals surface area contributed by atoms with Crippen molar-refractivity contribution in [2.75, 3.05) is 19.4 Å². The molecule has 6 heteroatoms. The molecule has 0 aliphatic carbocycles. The van der Waals surface area contributed by atoms with Gasteiger partial charge in [0.25, 0.3) is 11.1 Å². The Morgan fingerprint density at radius 3 is 2.36 bits per heavy atom. The van der Waals surface area contributed by atoms with Crippen molar-refractivity contribution in [1.29, 1.82) is 0 Å². The van der Waals surface area contributed by atoms with Crippen LogP contribution in [-0.2, 0) is 0 Å². The van der Waals surface area contributed by atoms with Crippen molar-refractivity contribution in [3.05, 3.63) is 84.4 Å². The molecule has 3 rings (SSSR count). The molecule has 3 aromatic carbocycles. The Kier molecular flexibility index (Phi) is 6.34. The number of rotatable bonds is 5. The normalized spacial score (nSPS) is 10.2. The summed E-state index contributed by atoms with van der Waals surface area (Å²) in [6, 6.07) is 23.5. The average Bonchev–Trinajstić information content (AvgIpc) is 2.69. The molecule has 0 radical (unpaired) electrons. The summed E-state index contributed by atoms with van der Waals surface area (Å²) in [4.78, 5) is 26.9. The van der Waals surface area contributed by atoms with Crippen LogP contribution in [0.1, 0.15) is 10.4 Å². The predicted octanol–water partition coefficient (Wildman–Crippen LogP) is 5.50. The number of hydrogen-bond donors (Lipinski definition) is 1. The molecule has 0 spiro atoms. The molecule has 0 aromatic heterocycles. The van der Waals surface area contributed by atoms with E-state index in [-0.39, 0.29) is 11.1 Å². The average molecular weight is 392 g/mol. The van der Waals surface area contributed by atoms with Crippen molar-refractivity contribution in [3.8, 4) is 11.5 Å². The molecular weight excluding hydrogens is 372 g/mol. The number of nitrogens with zero attached hydrogens (tertiary/aromatic N) is 1. The lowest BCUT2D eigenvalue weighted by molar-refractivity contribution is 0.102. The highest BCUT2D eigenvalue weighted by Gasteiger charge is 2.14. The maximum absolute atomic E-state index is 12.8. The number of hydrogen-bond acceptors (Lipinski definition) is 4. The Bertz CT molecular complexity index is 974. The van der Waals surface area contributed by atoms with Gasteiger partial charge in [-0.05, 0) is 54.2 Å². The number of amides is 2. The third kappa shape index (κ3) is 5.14. The first-order valence-electron chi connectivity index (χ1n) is 8.65. The maximum atomic E-state index is 12.8. The molecule has 0 saturated heterocycles. The van der Waals surface area contributed by atoms with Crippen molar-refractivity contribution < 1.29 is 14.3 Å². The summed E-state index contributed by atoms with van der Waals surface area (Å²) in [5, 5.41) is 2.79. The summed E-state index contributed by atoms with van der Waals surface area (Å²) in [7, 11) is 3.40. The highest BCUT2D eigenvalue weighted by Crippen LogP contribution is 2.27. The molecule has 2 amide bonds. The molecule has 142 valence electrons. The minimum atomic E-state index is -0.285. The predicted molar refractivity (Wildman–Crippen MR) is 112 cm³/mol. The number of carbonyl (C=O) groups excluding carboxylic acids is 2. The first-order chi connectivity index (χ1) is 13.5. The van der Waals surface area contributed by atoms with Crippen LogP contribution in [0.4, 0.5) is 10.5 Å². The Morgan fingerprint density at radius 1 is 0.893 bits per heavy atom. The third-order valence-corrected chi connectivity index (χ3v) is 4.79. The Balaban J connectivity index is 1.76. The summed E-state index contributed by atoms with van der Waals surface area (Å²) in [6.45, 7) is 0. The van der Waals surface area contributed by atoms with Gasteiger partial charge in [0.2, 0.25) is 0 Å². The Hall–Kier alpha value is -3.25. The molecule has 0 aliphatic rings. The zero-order chi connectivity index (χ0) is 19.9. The van der Waals surface area contributed by atoms with E-state index in [1.807, 2.05) is 42.5 Å². The second-order valence-corrected chi connectivity index (χ2v) is 7.18. The van der Waals surface area contributed by atoms with E-state index in [0.717, 1.165) is 16.7 Å². The topological polar surface area (TPSA) is 58.6 Å². The van der Waals surface area contributed by atoms with Crippen LogP contribution in [0.3, 0.4) is 0 Å². The van der Waals surface area contributed by atoms with E-state index in [2.05, 4.69) is 5.32 Å². The summed E-state index contributed by atoms with van der Waals surface area (Å²) in [6.07, 6.45) is 0. The maximum Gasteiger partial charge on any atom is 0.285 e. The van der Waals surface area contributed by atoms with Gasteiger partial charge in [-0.1, -0.05) is 36.4 Å². The summed E-state index contributed by atoms with van der Waals surface area (Å²) in [5.74, 6) is 0.843. The molecule has 0 unspecified atom stereocenters. The number of benzene rings is 3. The van der Waals surface area contributed by atoms with Crippen LogP contribution in [0.5, 0.6) is 11.5 Å². The summed E-state index contributed by atoms with van der Waals surface area (Å²) < 4.78 is 5.86. The van der Waals surface area contributed by atoms with Gasteiger partial charge in [0, 0.05) is 24.7 Å². The van der Waals surface area contributed by atoms with E-state index < -0.39 is 0 Å². The van der Waals surface area contributed by atoms with E-state index in [0.29, 0.717) is 22.7 Å². The van der Waals surface area contributed by atoms with Gasteiger partial charge in [-0.25, -0.2) is 0 Å². The number of thioether (sulfide) groups is 1. The van der Waals surface area contributed by atoms with Crippen molar-refractivity contribution in [2.24, 2.45) is 0 Å². The lowest BCUT2D eigenvalue weighted by atomic mass is 10.2. The van der Waals surface area contributed by atoms with Gasteiger partial charge < -0.3 is 15.0 Å². The van der Waals surface area contributed by atoms with Gasteiger partial charge in [0.15, 0.2) is 0 Å². The van der Waals surface area contributed by atoms with Crippen LogP contribution in [0, 0.1) is 0 Å². The van der Waals surface area contributed by atoms with E-state index in [4.69, 9.17) is 4.74 Å². The lowest BCUT2D eigenvalue weighted by Gasteiger charge is -2.12. The van der Waals surface area contributed by atoms with Crippen LogP contribution >= 0.6 is 11.8 Å². The smallest absolute Gasteiger partial charge is 0.285 e. The molecule has 5 nitrogen and oxygen atoms in total. The first kappa shape index (κ1) is 19.5. The second kappa shape index (κ2) is 9.10. The van der Waals surface area contributed by atoms with Crippen LogP contribution in [0.2, 0.25) is 0 Å². The quantitative estimate of drug-likeness (QED) is 0.582. The minimum Gasteiger partial charge on any atom is -0.457 e. The van der Waals surface area contributed by atoms with Crippen LogP contribution in [0.15, 0.2) is 83.8 Å². The molecule has 0 fully saturated rings. The van der Waals surface area contributed by atoms with Crippen LogP contribution in [-0.4, -0.2) is 30.1 Å². The standard InChI is InChI=1S/C22H20N2O3S/c1-24(2)22(26)28-18-12-8-9-16(15-18)23-21(25)19-13-6-7-14-20(19)27-17-10-4-3-5-11-17/h3-15H,1-2H3,(H,23,25). The van der Waals surface area contributed by atoms with E-state index in [9.17, 15) is 9.59 Å². The third-order valence-electron chi connectivity index (χ3n) is 3.76. The molecule has 1 N–H and O–H groups in total. The zero-order valence-corrected chi connectivity index (χ0v) is 16.4. The van der Waals surface area contributed by atoms with Crippen LogP contribution in [0.25, 0.3) is 0 Å². The molecule has 3 aromatic rings. The Morgan fingerprint density at radius 2 is 1.61 bits per heavy atom.